The SMILES string of the molecule is CC(C)(Oc1ccc(CCC(=O)c2ccc(C(F)(F)F)cc2)c(F)c1F)C(=O)O. The molecule has 0 amide bonds. The molecule has 2 rings (SSSR count). The first kappa shape index (κ1) is 22.3. The lowest BCUT2D eigenvalue weighted by atomic mass is 10.0. The lowest BCUT2D eigenvalue weighted by Crippen LogP contribution is -2.38. The average Bonchev–Trinajstić information content (AvgIpc) is 2.64. The molecule has 0 radical (unpaired) electrons. The molecule has 0 fully saturated rings. The summed E-state index contributed by atoms with van der Waals surface area (Å²) in [7, 11) is 0. The third-order valence-corrected chi connectivity index (χ3v) is 4.16. The average molecular weight is 416 g/mol. The first-order valence-corrected chi connectivity index (χ1v) is 8.42. The van der Waals surface area contributed by atoms with Crippen LogP contribution in [-0.2, 0) is 17.4 Å². The van der Waals surface area contributed by atoms with Crippen LogP contribution >= 0.6 is 0 Å². The van der Waals surface area contributed by atoms with Gasteiger partial charge in [0, 0.05) is 12.0 Å². The van der Waals surface area contributed by atoms with Crippen molar-refractivity contribution in [1.82, 2.24) is 0 Å². The molecule has 0 heterocycles. The minimum atomic E-state index is -4.53. The van der Waals surface area contributed by atoms with Gasteiger partial charge in [0.1, 0.15) is 0 Å². The molecule has 2 aromatic rings. The standard InChI is InChI=1S/C20H17F5O4/c1-19(2,18(27)28)29-15-10-6-12(16(21)17(15)22)5-9-14(26)11-3-7-13(8-4-11)20(23,24)25/h3-4,6-8,10H,5,9H2,1-2H3,(H,27,28). The zero-order valence-corrected chi connectivity index (χ0v) is 15.4. The smallest absolute Gasteiger partial charge is 0.416 e. The van der Waals surface area contributed by atoms with Gasteiger partial charge in [0.15, 0.2) is 23.0 Å². The van der Waals surface area contributed by atoms with Gasteiger partial charge in [-0.05, 0) is 44.0 Å². The van der Waals surface area contributed by atoms with Crippen LogP contribution in [0.2, 0.25) is 0 Å². The lowest BCUT2D eigenvalue weighted by Gasteiger charge is -2.22. The number of carbonyl (C=O) groups excluding carboxylic acids is 1. The van der Waals surface area contributed by atoms with Crippen molar-refractivity contribution in [2.45, 2.75) is 38.5 Å². The lowest BCUT2D eigenvalue weighted by molar-refractivity contribution is -0.152. The van der Waals surface area contributed by atoms with E-state index in [0.29, 0.717) is 0 Å². The van der Waals surface area contributed by atoms with Gasteiger partial charge < -0.3 is 9.84 Å². The van der Waals surface area contributed by atoms with Gasteiger partial charge >= 0.3 is 12.1 Å². The van der Waals surface area contributed by atoms with Gasteiger partial charge in [0.2, 0.25) is 5.82 Å². The summed E-state index contributed by atoms with van der Waals surface area (Å²) in [5.41, 5.74) is -2.82. The summed E-state index contributed by atoms with van der Waals surface area (Å²) in [6.07, 6.45) is -4.99. The quantitative estimate of drug-likeness (QED) is 0.507. The molecule has 0 aromatic heterocycles. The van der Waals surface area contributed by atoms with E-state index in [1.54, 1.807) is 0 Å². The van der Waals surface area contributed by atoms with Crippen LogP contribution in [0.4, 0.5) is 22.0 Å². The van der Waals surface area contributed by atoms with Gasteiger partial charge in [0.25, 0.3) is 0 Å². The fraction of sp³-hybridized carbons (Fsp3) is 0.300. The Labute approximate surface area is 162 Å². The second-order valence-electron chi connectivity index (χ2n) is 6.77. The highest BCUT2D eigenvalue weighted by Gasteiger charge is 2.32. The van der Waals surface area contributed by atoms with Crippen molar-refractivity contribution in [1.29, 1.82) is 0 Å². The number of carbonyl (C=O) groups is 2. The van der Waals surface area contributed by atoms with E-state index in [4.69, 9.17) is 9.84 Å². The zero-order chi connectivity index (χ0) is 22.0. The minimum Gasteiger partial charge on any atom is -0.478 e. The van der Waals surface area contributed by atoms with Crippen LogP contribution in [0.1, 0.15) is 41.8 Å². The van der Waals surface area contributed by atoms with Crippen molar-refractivity contribution in [3.05, 3.63) is 64.7 Å². The number of alkyl halides is 3. The molecule has 4 nitrogen and oxygen atoms in total. The normalized spacial score (nSPS) is 12.0. The van der Waals surface area contributed by atoms with Crippen LogP contribution in [0, 0.1) is 11.6 Å². The van der Waals surface area contributed by atoms with E-state index in [2.05, 4.69) is 0 Å². The van der Waals surface area contributed by atoms with E-state index in [1.165, 1.54) is 13.8 Å². The fourth-order valence-electron chi connectivity index (χ4n) is 2.40. The van der Waals surface area contributed by atoms with Gasteiger partial charge in [-0.1, -0.05) is 18.2 Å². The van der Waals surface area contributed by atoms with Crippen LogP contribution < -0.4 is 4.74 Å². The molecular formula is C20H17F5O4. The third-order valence-electron chi connectivity index (χ3n) is 4.16. The highest BCUT2D eigenvalue weighted by atomic mass is 19.4. The maximum atomic E-state index is 14.2. The summed E-state index contributed by atoms with van der Waals surface area (Å²) in [5, 5.41) is 8.99. The summed E-state index contributed by atoms with van der Waals surface area (Å²) in [6, 6.07) is 5.79. The number of hydrogen-bond donors (Lipinski definition) is 1. The van der Waals surface area contributed by atoms with Crippen molar-refractivity contribution >= 4 is 11.8 Å². The Hall–Kier alpha value is -2.97. The summed E-state index contributed by atoms with van der Waals surface area (Å²) in [6.45, 7) is 2.34. The van der Waals surface area contributed by atoms with Crippen LogP contribution in [-0.4, -0.2) is 22.5 Å². The summed E-state index contributed by atoms with van der Waals surface area (Å²) in [4.78, 5) is 23.2. The molecule has 1 N–H and O–H groups in total. The van der Waals surface area contributed by atoms with Gasteiger partial charge in [-0.15, -0.1) is 0 Å². The Balaban J connectivity index is 2.10. The van der Waals surface area contributed by atoms with E-state index >= 15 is 0 Å². The number of aryl methyl sites for hydroxylation is 1. The Kier molecular flexibility index (Phi) is 6.30. The molecule has 0 saturated heterocycles. The van der Waals surface area contributed by atoms with Crippen molar-refractivity contribution in [3.8, 4) is 5.75 Å². The van der Waals surface area contributed by atoms with Crippen molar-refractivity contribution in [2.75, 3.05) is 0 Å². The minimum absolute atomic E-state index is 0.0158. The largest absolute Gasteiger partial charge is 0.478 e. The van der Waals surface area contributed by atoms with E-state index in [1.807, 2.05) is 0 Å². The number of ketones is 1. The van der Waals surface area contributed by atoms with Gasteiger partial charge in [-0.25, -0.2) is 9.18 Å². The molecule has 2 aromatic carbocycles. The summed E-state index contributed by atoms with van der Waals surface area (Å²) in [5.74, 6) is -5.18. The second-order valence-corrected chi connectivity index (χ2v) is 6.77. The molecule has 0 bridgehead atoms. The third kappa shape index (κ3) is 5.30. The van der Waals surface area contributed by atoms with Gasteiger partial charge in [-0.3, -0.25) is 4.79 Å². The van der Waals surface area contributed by atoms with Crippen molar-refractivity contribution in [3.63, 3.8) is 0 Å². The van der Waals surface area contributed by atoms with E-state index < -0.39 is 46.5 Å². The molecule has 0 atom stereocenters. The zero-order valence-electron chi connectivity index (χ0n) is 15.4. The Morgan fingerprint density at radius 1 is 0.966 bits per heavy atom. The number of benzene rings is 2. The van der Waals surface area contributed by atoms with Crippen molar-refractivity contribution in [2.24, 2.45) is 0 Å². The maximum absolute atomic E-state index is 14.2. The van der Waals surface area contributed by atoms with Crippen LogP contribution in [0.15, 0.2) is 36.4 Å². The fourth-order valence-corrected chi connectivity index (χ4v) is 2.40. The Bertz CT molecular complexity index is 918. The molecule has 29 heavy (non-hydrogen) atoms. The molecule has 0 unspecified atom stereocenters. The highest BCUT2D eigenvalue weighted by molar-refractivity contribution is 5.96. The molecule has 9 heteroatoms. The number of halogens is 5. The van der Waals surface area contributed by atoms with E-state index in [0.717, 1.165) is 36.4 Å². The molecule has 156 valence electrons. The number of ether oxygens (including phenoxy) is 1. The Morgan fingerprint density at radius 2 is 1.55 bits per heavy atom. The molecule has 0 spiro atoms. The number of aliphatic carboxylic acids is 1. The summed E-state index contributed by atoms with van der Waals surface area (Å²) >= 11 is 0. The van der Waals surface area contributed by atoms with Gasteiger partial charge in [0.05, 0.1) is 5.56 Å². The Morgan fingerprint density at radius 3 is 2.07 bits per heavy atom. The van der Waals surface area contributed by atoms with E-state index in [-0.39, 0.29) is 24.0 Å². The predicted octanol–water partition coefficient (Wildman–Crippen LogP) is 5.04. The molecular weight excluding hydrogens is 399 g/mol. The van der Waals surface area contributed by atoms with Gasteiger partial charge in [-0.2, -0.15) is 17.6 Å². The second kappa shape index (κ2) is 8.18. The number of carboxylic acid groups (broad SMARTS) is 1. The molecule has 0 aliphatic carbocycles. The first-order valence-electron chi connectivity index (χ1n) is 8.42. The summed E-state index contributed by atoms with van der Waals surface area (Å²) < 4.78 is 71.0. The van der Waals surface area contributed by atoms with E-state index in [9.17, 15) is 31.5 Å². The monoisotopic (exact) mass is 416 g/mol. The van der Waals surface area contributed by atoms with Crippen LogP contribution in [0.5, 0.6) is 5.75 Å². The number of carboxylic acids is 1. The molecule has 0 saturated carbocycles. The number of Topliss-reactive ketones (excluding diaryl/α,β-unsaturated/α-hetero) is 1. The first-order chi connectivity index (χ1) is 13.3. The maximum Gasteiger partial charge on any atom is 0.416 e. The van der Waals surface area contributed by atoms with Crippen LogP contribution in [0.3, 0.4) is 0 Å². The molecule has 0 aliphatic rings. The predicted molar refractivity (Wildman–Crippen MR) is 92.8 cm³/mol. The topological polar surface area (TPSA) is 63.6 Å². The van der Waals surface area contributed by atoms with Crippen molar-refractivity contribution < 1.29 is 41.4 Å². The highest BCUT2D eigenvalue weighted by Crippen LogP contribution is 2.30. The number of hydrogen-bond acceptors (Lipinski definition) is 3. The number of rotatable bonds is 7. The van der Waals surface area contributed by atoms with Crippen LogP contribution in [0.25, 0.3) is 0 Å². The molecule has 0 aliphatic heterocycles.